The zero-order valence-electron chi connectivity index (χ0n) is 10.9. The van der Waals surface area contributed by atoms with Crippen molar-refractivity contribution in [2.75, 3.05) is 32.6 Å². The molecule has 1 aromatic rings. The first-order chi connectivity index (χ1) is 8.58. The Bertz CT molecular complexity index is 446. The van der Waals surface area contributed by atoms with E-state index in [1.165, 1.54) is 0 Å². The number of hydrogen-bond acceptors (Lipinski definition) is 4. The Hall–Kier alpha value is -1.91. The van der Waals surface area contributed by atoms with Gasteiger partial charge in [0.15, 0.2) is 11.5 Å². The zero-order valence-corrected chi connectivity index (χ0v) is 10.9. The Morgan fingerprint density at radius 2 is 1.94 bits per heavy atom. The fraction of sp³-hybridized carbons (Fsp3) is 0.462. The summed E-state index contributed by atoms with van der Waals surface area (Å²) < 4.78 is 10.9. The van der Waals surface area contributed by atoms with E-state index in [0.717, 1.165) is 17.2 Å². The highest BCUT2D eigenvalue weighted by Crippen LogP contribution is 2.32. The molecule has 0 radical (unpaired) electrons. The number of amides is 1. The van der Waals surface area contributed by atoms with E-state index in [0.29, 0.717) is 13.2 Å². The van der Waals surface area contributed by atoms with Crippen molar-refractivity contribution in [1.29, 1.82) is 0 Å². The van der Waals surface area contributed by atoms with Crippen LogP contribution in [-0.4, -0.2) is 44.2 Å². The summed E-state index contributed by atoms with van der Waals surface area (Å²) in [6, 6.07) is 5.31. The van der Waals surface area contributed by atoms with Crippen LogP contribution in [0.4, 0.5) is 5.69 Å². The number of ether oxygens (including phenoxy) is 2. The molecule has 0 spiro atoms. The van der Waals surface area contributed by atoms with Gasteiger partial charge < -0.3 is 19.7 Å². The summed E-state index contributed by atoms with van der Waals surface area (Å²) in [7, 11) is 3.48. The van der Waals surface area contributed by atoms with Gasteiger partial charge in [0, 0.05) is 25.8 Å². The molecule has 5 nitrogen and oxygen atoms in total. The van der Waals surface area contributed by atoms with Crippen LogP contribution in [0.25, 0.3) is 0 Å². The standard InChI is InChI=1S/C13H18N2O3/c1-9(13(16)15(2)3)14-10-4-5-11-12(8-10)18-7-6-17-11/h4-5,8-9,14H,6-7H2,1-3H3. The van der Waals surface area contributed by atoms with E-state index in [1.54, 1.807) is 19.0 Å². The van der Waals surface area contributed by atoms with Gasteiger partial charge in [-0.05, 0) is 19.1 Å². The summed E-state index contributed by atoms with van der Waals surface area (Å²) in [5, 5.41) is 3.15. The maximum atomic E-state index is 11.7. The van der Waals surface area contributed by atoms with Gasteiger partial charge in [-0.25, -0.2) is 0 Å². The number of anilines is 1. The summed E-state index contributed by atoms with van der Waals surface area (Å²) in [5.74, 6) is 1.50. The molecule has 1 amide bonds. The van der Waals surface area contributed by atoms with Gasteiger partial charge in [0.2, 0.25) is 5.91 Å². The predicted octanol–water partition coefficient (Wildman–Crippen LogP) is 1.35. The number of carbonyl (C=O) groups excluding carboxylic acids is 1. The van der Waals surface area contributed by atoms with E-state index in [4.69, 9.17) is 9.47 Å². The lowest BCUT2D eigenvalue weighted by molar-refractivity contribution is -0.129. The quantitative estimate of drug-likeness (QED) is 0.879. The van der Waals surface area contributed by atoms with Gasteiger partial charge in [-0.15, -0.1) is 0 Å². The molecular formula is C13H18N2O3. The number of benzene rings is 1. The second-order valence-electron chi connectivity index (χ2n) is 4.46. The summed E-state index contributed by atoms with van der Waals surface area (Å²) in [6.07, 6.45) is 0. The minimum atomic E-state index is -0.275. The van der Waals surface area contributed by atoms with Crippen molar-refractivity contribution in [2.45, 2.75) is 13.0 Å². The SMILES string of the molecule is CC(Nc1ccc2c(c1)OCCO2)C(=O)N(C)C. The zero-order chi connectivity index (χ0) is 13.1. The molecule has 98 valence electrons. The van der Waals surface area contributed by atoms with E-state index in [2.05, 4.69) is 5.32 Å². The lowest BCUT2D eigenvalue weighted by Gasteiger charge is -2.22. The fourth-order valence-corrected chi connectivity index (χ4v) is 1.83. The number of likely N-dealkylation sites (N-methyl/N-ethyl adjacent to an activating group) is 1. The van der Waals surface area contributed by atoms with Crippen LogP contribution in [-0.2, 0) is 4.79 Å². The molecule has 1 atom stereocenters. The van der Waals surface area contributed by atoms with E-state index < -0.39 is 0 Å². The van der Waals surface area contributed by atoms with E-state index >= 15 is 0 Å². The van der Waals surface area contributed by atoms with Crippen molar-refractivity contribution in [3.8, 4) is 11.5 Å². The van der Waals surface area contributed by atoms with Crippen LogP contribution in [0.15, 0.2) is 18.2 Å². The lowest BCUT2D eigenvalue weighted by atomic mass is 10.2. The fourth-order valence-electron chi connectivity index (χ4n) is 1.83. The molecule has 2 rings (SSSR count). The van der Waals surface area contributed by atoms with Crippen LogP contribution in [0.5, 0.6) is 11.5 Å². The van der Waals surface area contributed by atoms with E-state index in [-0.39, 0.29) is 11.9 Å². The number of nitrogens with zero attached hydrogens (tertiary/aromatic N) is 1. The Morgan fingerprint density at radius 1 is 1.28 bits per heavy atom. The van der Waals surface area contributed by atoms with Gasteiger partial charge >= 0.3 is 0 Å². The molecule has 1 heterocycles. The molecule has 1 aromatic carbocycles. The Morgan fingerprint density at radius 3 is 2.61 bits per heavy atom. The van der Waals surface area contributed by atoms with E-state index in [9.17, 15) is 4.79 Å². The molecule has 5 heteroatoms. The third-order valence-corrected chi connectivity index (χ3v) is 2.74. The van der Waals surface area contributed by atoms with Crippen molar-refractivity contribution in [3.05, 3.63) is 18.2 Å². The molecule has 1 N–H and O–H groups in total. The molecule has 1 aliphatic rings. The minimum Gasteiger partial charge on any atom is -0.486 e. The van der Waals surface area contributed by atoms with Crippen LogP contribution in [0.3, 0.4) is 0 Å². The van der Waals surface area contributed by atoms with Gasteiger partial charge in [0.05, 0.1) is 0 Å². The summed E-state index contributed by atoms with van der Waals surface area (Å²) in [4.78, 5) is 13.3. The van der Waals surface area contributed by atoms with Crippen molar-refractivity contribution < 1.29 is 14.3 Å². The van der Waals surface area contributed by atoms with Gasteiger partial charge in [-0.2, -0.15) is 0 Å². The molecule has 1 aliphatic heterocycles. The summed E-state index contributed by atoms with van der Waals surface area (Å²) in [6.45, 7) is 2.97. The number of nitrogens with one attached hydrogen (secondary N) is 1. The first-order valence-corrected chi connectivity index (χ1v) is 5.95. The maximum absolute atomic E-state index is 11.7. The normalized spacial score (nSPS) is 14.8. The average molecular weight is 250 g/mol. The third kappa shape index (κ3) is 2.67. The van der Waals surface area contributed by atoms with Crippen LogP contribution < -0.4 is 14.8 Å². The van der Waals surface area contributed by atoms with Gasteiger partial charge in [-0.3, -0.25) is 4.79 Å². The highest BCUT2D eigenvalue weighted by Gasteiger charge is 2.16. The van der Waals surface area contributed by atoms with E-state index in [1.807, 2.05) is 25.1 Å². The molecule has 18 heavy (non-hydrogen) atoms. The second kappa shape index (κ2) is 5.16. The van der Waals surface area contributed by atoms with Crippen molar-refractivity contribution in [2.24, 2.45) is 0 Å². The molecule has 0 aromatic heterocycles. The Labute approximate surface area is 107 Å². The molecule has 0 aliphatic carbocycles. The molecule has 0 bridgehead atoms. The van der Waals surface area contributed by atoms with Crippen LogP contribution in [0.2, 0.25) is 0 Å². The molecule has 0 saturated carbocycles. The minimum absolute atomic E-state index is 0.0323. The summed E-state index contributed by atoms with van der Waals surface area (Å²) >= 11 is 0. The van der Waals surface area contributed by atoms with Crippen molar-refractivity contribution in [3.63, 3.8) is 0 Å². The highest BCUT2D eigenvalue weighted by molar-refractivity contribution is 5.84. The number of carbonyl (C=O) groups is 1. The topological polar surface area (TPSA) is 50.8 Å². The van der Waals surface area contributed by atoms with Crippen molar-refractivity contribution >= 4 is 11.6 Å². The molecule has 1 unspecified atom stereocenters. The number of hydrogen-bond donors (Lipinski definition) is 1. The first kappa shape index (κ1) is 12.5. The van der Waals surface area contributed by atoms with Crippen LogP contribution in [0.1, 0.15) is 6.92 Å². The molecular weight excluding hydrogens is 232 g/mol. The third-order valence-electron chi connectivity index (χ3n) is 2.74. The second-order valence-corrected chi connectivity index (χ2v) is 4.46. The van der Waals surface area contributed by atoms with Gasteiger partial charge in [0.25, 0.3) is 0 Å². The van der Waals surface area contributed by atoms with Crippen LogP contribution in [0, 0.1) is 0 Å². The van der Waals surface area contributed by atoms with Gasteiger partial charge in [0.1, 0.15) is 19.3 Å². The predicted molar refractivity (Wildman–Crippen MR) is 69.2 cm³/mol. The monoisotopic (exact) mass is 250 g/mol. The number of rotatable bonds is 3. The first-order valence-electron chi connectivity index (χ1n) is 5.95. The van der Waals surface area contributed by atoms with Crippen LogP contribution >= 0.6 is 0 Å². The summed E-state index contributed by atoms with van der Waals surface area (Å²) in [5.41, 5.74) is 0.849. The largest absolute Gasteiger partial charge is 0.486 e. The maximum Gasteiger partial charge on any atom is 0.244 e. The average Bonchev–Trinajstić information content (AvgIpc) is 2.37. The lowest BCUT2D eigenvalue weighted by Crippen LogP contribution is -2.36. The van der Waals surface area contributed by atoms with Crippen molar-refractivity contribution in [1.82, 2.24) is 4.90 Å². The Balaban J connectivity index is 2.08. The Kier molecular flexibility index (Phi) is 3.60. The highest BCUT2D eigenvalue weighted by atomic mass is 16.6. The molecule has 0 saturated heterocycles. The smallest absolute Gasteiger partial charge is 0.244 e. The molecule has 0 fully saturated rings. The van der Waals surface area contributed by atoms with Gasteiger partial charge in [-0.1, -0.05) is 0 Å². The number of fused-ring (bicyclic) bond motifs is 1.